The zero-order valence-corrected chi connectivity index (χ0v) is 14.8. The molecule has 1 aromatic carbocycles. The predicted octanol–water partition coefficient (Wildman–Crippen LogP) is 1.53. The highest BCUT2D eigenvalue weighted by molar-refractivity contribution is 7.89. The van der Waals surface area contributed by atoms with Gasteiger partial charge in [0.05, 0.1) is 23.4 Å². The summed E-state index contributed by atoms with van der Waals surface area (Å²) in [6.07, 6.45) is 2.75. The van der Waals surface area contributed by atoms with E-state index in [1.807, 2.05) is 0 Å². The van der Waals surface area contributed by atoms with Crippen molar-refractivity contribution in [3.8, 4) is 6.07 Å². The molecule has 8 nitrogen and oxygen atoms in total. The van der Waals surface area contributed by atoms with E-state index in [-0.39, 0.29) is 29.5 Å². The maximum Gasteiger partial charge on any atom is 0.251 e. The number of hydrogen-bond acceptors (Lipinski definition) is 6. The lowest BCUT2D eigenvalue weighted by Gasteiger charge is -2.28. The van der Waals surface area contributed by atoms with Crippen molar-refractivity contribution in [1.82, 2.24) is 14.8 Å². The second-order valence-corrected chi connectivity index (χ2v) is 7.97. The van der Waals surface area contributed by atoms with E-state index in [0.717, 1.165) is 0 Å². The van der Waals surface area contributed by atoms with Crippen LogP contribution in [0.3, 0.4) is 0 Å². The van der Waals surface area contributed by atoms with Crippen molar-refractivity contribution < 1.29 is 17.7 Å². The van der Waals surface area contributed by atoms with Gasteiger partial charge in [0.2, 0.25) is 10.0 Å². The molecule has 0 bridgehead atoms. The molecule has 0 radical (unpaired) electrons. The van der Waals surface area contributed by atoms with Crippen molar-refractivity contribution in [3.05, 3.63) is 47.9 Å². The molecule has 1 atom stereocenters. The van der Waals surface area contributed by atoms with Gasteiger partial charge in [-0.05, 0) is 31.0 Å². The third-order valence-corrected chi connectivity index (χ3v) is 6.08. The van der Waals surface area contributed by atoms with Crippen LogP contribution in [0, 0.1) is 17.2 Å². The van der Waals surface area contributed by atoms with Gasteiger partial charge in [0.1, 0.15) is 12.0 Å². The lowest BCUT2D eigenvalue weighted by Crippen LogP contribution is -2.39. The fourth-order valence-electron chi connectivity index (χ4n) is 2.81. The second-order valence-electron chi connectivity index (χ2n) is 6.03. The lowest BCUT2D eigenvalue weighted by molar-refractivity contribution is 0.0950. The van der Waals surface area contributed by atoms with Crippen LogP contribution >= 0.6 is 0 Å². The van der Waals surface area contributed by atoms with Crippen LogP contribution in [-0.4, -0.2) is 36.9 Å². The van der Waals surface area contributed by atoms with E-state index < -0.39 is 15.9 Å². The maximum absolute atomic E-state index is 12.8. The molecule has 1 N–H and O–H groups in total. The smallest absolute Gasteiger partial charge is 0.251 e. The topological polar surface area (TPSA) is 116 Å². The fraction of sp³-hybridized carbons (Fsp3) is 0.353. The number of amides is 1. The van der Waals surface area contributed by atoms with Crippen LogP contribution in [0.4, 0.5) is 0 Å². The summed E-state index contributed by atoms with van der Waals surface area (Å²) in [5.74, 6) is -0.703. The largest absolute Gasteiger partial charge is 0.364 e. The molecule has 0 unspecified atom stereocenters. The first-order chi connectivity index (χ1) is 12.5. The summed E-state index contributed by atoms with van der Waals surface area (Å²) in [5, 5.41) is 15.4. The van der Waals surface area contributed by atoms with Gasteiger partial charge >= 0.3 is 0 Å². The van der Waals surface area contributed by atoms with Crippen LogP contribution in [0.15, 0.2) is 46.0 Å². The average molecular weight is 374 g/mol. The van der Waals surface area contributed by atoms with Crippen LogP contribution in [-0.2, 0) is 16.6 Å². The average Bonchev–Trinajstić information content (AvgIpc) is 3.20. The Labute approximate surface area is 151 Å². The van der Waals surface area contributed by atoms with Crippen molar-refractivity contribution in [2.24, 2.45) is 5.92 Å². The minimum Gasteiger partial charge on any atom is -0.364 e. The highest BCUT2D eigenvalue weighted by Gasteiger charge is 2.30. The lowest BCUT2D eigenvalue weighted by atomic mass is 10.0. The Morgan fingerprint density at radius 1 is 1.42 bits per heavy atom. The van der Waals surface area contributed by atoms with Crippen LogP contribution in [0.25, 0.3) is 0 Å². The number of nitriles is 1. The number of carbonyl (C=O) groups is 1. The van der Waals surface area contributed by atoms with Crippen molar-refractivity contribution in [2.75, 3.05) is 13.1 Å². The summed E-state index contributed by atoms with van der Waals surface area (Å²) >= 11 is 0. The molecule has 1 aromatic heterocycles. The molecule has 2 aromatic rings. The van der Waals surface area contributed by atoms with E-state index in [1.165, 1.54) is 28.8 Å². The van der Waals surface area contributed by atoms with Crippen LogP contribution < -0.4 is 5.32 Å². The Balaban J connectivity index is 1.75. The van der Waals surface area contributed by atoms with Crippen LogP contribution in [0.1, 0.15) is 28.9 Å². The molecule has 0 spiro atoms. The van der Waals surface area contributed by atoms with Gasteiger partial charge in [0, 0.05) is 24.7 Å². The Morgan fingerprint density at radius 3 is 3.00 bits per heavy atom. The monoisotopic (exact) mass is 374 g/mol. The molecule has 1 amide bonds. The van der Waals surface area contributed by atoms with Gasteiger partial charge in [-0.1, -0.05) is 11.2 Å². The van der Waals surface area contributed by atoms with E-state index in [0.29, 0.717) is 25.1 Å². The summed E-state index contributed by atoms with van der Waals surface area (Å²) in [6, 6.07) is 9.65. The van der Waals surface area contributed by atoms with E-state index in [9.17, 15) is 13.2 Å². The molecule has 3 rings (SSSR count). The second kappa shape index (κ2) is 7.68. The first-order valence-corrected chi connectivity index (χ1v) is 9.62. The summed E-state index contributed by atoms with van der Waals surface area (Å²) in [4.78, 5) is 12.3. The Kier molecular flexibility index (Phi) is 5.35. The van der Waals surface area contributed by atoms with E-state index >= 15 is 0 Å². The number of hydrogen-bond donors (Lipinski definition) is 1. The number of rotatable bonds is 5. The molecule has 2 heterocycles. The van der Waals surface area contributed by atoms with Gasteiger partial charge in [-0.15, -0.1) is 0 Å². The molecule has 1 aliphatic rings. The normalized spacial score (nSPS) is 18.2. The Hall–Kier alpha value is -2.70. The van der Waals surface area contributed by atoms with Gasteiger partial charge in [-0.25, -0.2) is 8.42 Å². The molecule has 0 saturated carbocycles. The van der Waals surface area contributed by atoms with Gasteiger partial charge in [0.15, 0.2) is 0 Å². The number of carbonyl (C=O) groups excluding carboxylic acids is 1. The first kappa shape index (κ1) is 18.1. The number of aromatic nitrogens is 1. The highest BCUT2D eigenvalue weighted by atomic mass is 32.2. The zero-order chi connectivity index (χ0) is 18.6. The third-order valence-electron chi connectivity index (χ3n) is 4.22. The van der Waals surface area contributed by atoms with E-state index in [1.54, 1.807) is 12.1 Å². The number of benzene rings is 1. The maximum atomic E-state index is 12.8. The first-order valence-electron chi connectivity index (χ1n) is 8.18. The standard InChI is InChI=1S/C17H18N4O4S/c18-10-13-3-2-7-21(12-13)26(23,24)16-5-1-4-14(9-16)17(22)19-11-15-6-8-25-20-15/h1,4-6,8-9,13H,2-3,7,11-12H2,(H,19,22)/t13-/m1/s1. The molecule has 1 fully saturated rings. The molecule has 26 heavy (non-hydrogen) atoms. The number of piperidine rings is 1. The third kappa shape index (κ3) is 3.92. The highest BCUT2D eigenvalue weighted by Crippen LogP contribution is 2.24. The van der Waals surface area contributed by atoms with E-state index in [2.05, 4.69) is 16.5 Å². The summed E-state index contributed by atoms with van der Waals surface area (Å²) in [7, 11) is -3.74. The summed E-state index contributed by atoms with van der Waals surface area (Å²) < 4.78 is 31.7. The predicted molar refractivity (Wildman–Crippen MR) is 91.2 cm³/mol. The molecule has 136 valence electrons. The molecular formula is C17H18N4O4S. The molecular weight excluding hydrogens is 356 g/mol. The minimum absolute atomic E-state index is 0.0465. The fourth-order valence-corrected chi connectivity index (χ4v) is 4.38. The van der Waals surface area contributed by atoms with Crippen LogP contribution in [0.5, 0.6) is 0 Å². The van der Waals surface area contributed by atoms with Gasteiger partial charge in [-0.3, -0.25) is 4.79 Å². The summed E-state index contributed by atoms with van der Waals surface area (Å²) in [6.45, 7) is 0.743. The Bertz CT molecular complexity index is 918. The van der Waals surface area contributed by atoms with Gasteiger partial charge in [-0.2, -0.15) is 9.57 Å². The molecule has 0 aliphatic carbocycles. The molecule has 1 aliphatic heterocycles. The zero-order valence-electron chi connectivity index (χ0n) is 14.0. The molecule has 1 saturated heterocycles. The number of nitrogens with zero attached hydrogens (tertiary/aromatic N) is 3. The van der Waals surface area contributed by atoms with Gasteiger partial charge < -0.3 is 9.84 Å². The number of nitrogens with one attached hydrogen (secondary N) is 1. The minimum atomic E-state index is -3.74. The summed E-state index contributed by atoms with van der Waals surface area (Å²) in [5.41, 5.74) is 0.807. The Morgan fingerprint density at radius 2 is 2.27 bits per heavy atom. The SMILES string of the molecule is N#C[C@H]1CCCN(S(=O)(=O)c2cccc(C(=O)NCc3ccon3)c2)C1. The van der Waals surface area contributed by atoms with Crippen molar-refractivity contribution in [3.63, 3.8) is 0 Å². The van der Waals surface area contributed by atoms with Crippen molar-refractivity contribution in [2.45, 2.75) is 24.3 Å². The van der Waals surface area contributed by atoms with Crippen molar-refractivity contribution in [1.29, 1.82) is 5.26 Å². The number of sulfonamides is 1. The molecule has 9 heteroatoms. The van der Waals surface area contributed by atoms with Crippen molar-refractivity contribution >= 4 is 15.9 Å². The van der Waals surface area contributed by atoms with Crippen LogP contribution in [0.2, 0.25) is 0 Å². The van der Waals surface area contributed by atoms with E-state index in [4.69, 9.17) is 9.78 Å². The van der Waals surface area contributed by atoms with Gasteiger partial charge in [0.25, 0.3) is 5.91 Å². The quantitative estimate of drug-likeness (QED) is 0.848.